The Morgan fingerprint density at radius 3 is 1.50 bits per heavy atom. The molecule has 10 aromatic rings. The first kappa shape index (κ1) is 26.8. The number of hydrogen-bond acceptors (Lipinski definition) is 2. The number of rotatable bonds is 3. The normalized spacial score (nSPS) is 11.8. The zero-order valence-electron chi connectivity index (χ0n) is 26.1. The molecule has 0 unspecified atom stereocenters. The molecular formula is C46H28N2. The molecule has 0 fully saturated rings. The zero-order chi connectivity index (χ0) is 31.6. The molecule has 10 rings (SSSR count). The smallest absolute Gasteiger partial charge is 0.0794 e. The lowest BCUT2D eigenvalue weighted by Gasteiger charge is -2.19. The molecule has 0 amide bonds. The van der Waals surface area contributed by atoms with Crippen molar-refractivity contribution in [3.63, 3.8) is 0 Å². The topological polar surface area (TPSA) is 25.8 Å². The predicted octanol–water partition coefficient (Wildman–Crippen LogP) is 12.4. The first-order valence-electron chi connectivity index (χ1n) is 16.4. The third-order valence-electron chi connectivity index (χ3n) is 9.84. The number of pyridine rings is 2. The van der Waals surface area contributed by atoms with Crippen LogP contribution in [0.25, 0.3) is 98.4 Å². The Morgan fingerprint density at radius 2 is 0.854 bits per heavy atom. The third kappa shape index (κ3) is 3.93. The van der Waals surface area contributed by atoms with Gasteiger partial charge in [-0.05, 0) is 61.3 Å². The van der Waals surface area contributed by atoms with Gasteiger partial charge in [-0.3, -0.25) is 4.98 Å². The molecule has 0 aliphatic rings. The summed E-state index contributed by atoms with van der Waals surface area (Å²) in [4.78, 5) is 10.4. The molecule has 0 radical (unpaired) electrons. The van der Waals surface area contributed by atoms with Crippen LogP contribution < -0.4 is 0 Å². The molecule has 0 N–H and O–H groups in total. The van der Waals surface area contributed by atoms with Gasteiger partial charge >= 0.3 is 0 Å². The number of benzene rings is 8. The summed E-state index contributed by atoms with van der Waals surface area (Å²) in [6.45, 7) is 0. The Kier molecular flexibility index (Phi) is 5.91. The lowest BCUT2D eigenvalue weighted by molar-refractivity contribution is 1.42. The van der Waals surface area contributed by atoms with Crippen molar-refractivity contribution in [3.05, 3.63) is 170 Å². The van der Waals surface area contributed by atoms with Gasteiger partial charge in [0, 0.05) is 38.7 Å². The first-order valence-corrected chi connectivity index (χ1v) is 16.4. The maximum Gasteiger partial charge on any atom is 0.0794 e. The summed E-state index contributed by atoms with van der Waals surface area (Å²) in [6.07, 6.45) is 1.90. The Labute approximate surface area is 277 Å². The van der Waals surface area contributed by atoms with Crippen molar-refractivity contribution in [3.8, 4) is 33.5 Å². The van der Waals surface area contributed by atoms with Gasteiger partial charge in [-0.2, -0.15) is 0 Å². The maximum atomic E-state index is 5.52. The Hall–Kier alpha value is -6.38. The minimum absolute atomic E-state index is 0.972. The van der Waals surface area contributed by atoms with Gasteiger partial charge in [0.15, 0.2) is 0 Å². The number of nitrogens with zero attached hydrogens (tertiary/aromatic N) is 2. The van der Waals surface area contributed by atoms with Gasteiger partial charge in [0.25, 0.3) is 0 Å². The van der Waals surface area contributed by atoms with E-state index in [0.29, 0.717) is 0 Å². The van der Waals surface area contributed by atoms with E-state index in [1.54, 1.807) is 0 Å². The van der Waals surface area contributed by atoms with Crippen LogP contribution in [0, 0.1) is 0 Å². The molecule has 2 nitrogen and oxygen atoms in total. The molecule has 48 heavy (non-hydrogen) atoms. The molecule has 0 aliphatic carbocycles. The van der Waals surface area contributed by atoms with E-state index in [-0.39, 0.29) is 0 Å². The summed E-state index contributed by atoms with van der Waals surface area (Å²) in [5.74, 6) is 0. The molecule has 0 spiro atoms. The van der Waals surface area contributed by atoms with E-state index in [4.69, 9.17) is 9.97 Å². The molecular weight excluding hydrogens is 581 g/mol. The number of hydrogen-bond donors (Lipinski definition) is 0. The first-order chi connectivity index (χ1) is 23.8. The molecule has 0 saturated carbocycles. The molecule has 222 valence electrons. The summed E-state index contributed by atoms with van der Waals surface area (Å²) >= 11 is 0. The summed E-state index contributed by atoms with van der Waals surface area (Å²) in [5.41, 5.74) is 8.97. The van der Waals surface area contributed by atoms with E-state index in [1.165, 1.54) is 54.4 Å². The van der Waals surface area contributed by atoms with Crippen LogP contribution in [0.4, 0.5) is 0 Å². The average molecular weight is 609 g/mol. The fourth-order valence-corrected chi connectivity index (χ4v) is 7.85. The minimum Gasteiger partial charge on any atom is -0.256 e. The van der Waals surface area contributed by atoms with Gasteiger partial charge in [0.05, 0.1) is 16.7 Å². The monoisotopic (exact) mass is 608 g/mol. The van der Waals surface area contributed by atoms with Crippen molar-refractivity contribution in [2.75, 3.05) is 0 Å². The van der Waals surface area contributed by atoms with E-state index >= 15 is 0 Å². The van der Waals surface area contributed by atoms with Crippen LogP contribution >= 0.6 is 0 Å². The van der Waals surface area contributed by atoms with Crippen molar-refractivity contribution in [1.29, 1.82) is 0 Å². The van der Waals surface area contributed by atoms with Crippen molar-refractivity contribution in [1.82, 2.24) is 9.97 Å². The fraction of sp³-hybridized carbons (Fsp3) is 0. The highest BCUT2D eigenvalue weighted by atomic mass is 14.7. The second-order valence-electron chi connectivity index (χ2n) is 12.5. The van der Waals surface area contributed by atoms with Gasteiger partial charge in [0.1, 0.15) is 0 Å². The van der Waals surface area contributed by atoms with Crippen LogP contribution in [-0.2, 0) is 0 Å². The quantitative estimate of drug-likeness (QED) is 0.147. The van der Waals surface area contributed by atoms with Crippen LogP contribution in [0.15, 0.2) is 170 Å². The van der Waals surface area contributed by atoms with Crippen molar-refractivity contribution < 1.29 is 0 Å². The minimum atomic E-state index is 0.972. The zero-order valence-corrected chi connectivity index (χ0v) is 26.1. The summed E-state index contributed by atoms with van der Waals surface area (Å²) in [6, 6.07) is 58.8. The largest absolute Gasteiger partial charge is 0.256 e. The molecule has 0 bridgehead atoms. The van der Waals surface area contributed by atoms with Crippen LogP contribution in [0.1, 0.15) is 0 Å². The Bertz CT molecular complexity index is 2820. The van der Waals surface area contributed by atoms with Crippen LogP contribution in [0.3, 0.4) is 0 Å². The summed E-state index contributed by atoms with van der Waals surface area (Å²) in [7, 11) is 0. The van der Waals surface area contributed by atoms with Gasteiger partial charge in [-0.15, -0.1) is 0 Å². The van der Waals surface area contributed by atoms with Crippen molar-refractivity contribution >= 4 is 64.9 Å². The van der Waals surface area contributed by atoms with Gasteiger partial charge in [-0.1, -0.05) is 152 Å². The Balaban J connectivity index is 1.36. The van der Waals surface area contributed by atoms with E-state index in [9.17, 15) is 0 Å². The molecule has 2 aromatic heterocycles. The summed E-state index contributed by atoms with van der Waals surface area (Å²) < 4.78 is 0. The molecule has 0 atom stereocenters. The van der Waals surface area contributed by atoms with E-state index in [1.807, 2.05) is 12.3 Å². The second-order valence-corrected chi connectivity index (χ2v) is 12.5. The average Bonchev–Trinajstić information content (AvgIpc) is 3.17. The van der Waals surface area contributed by atoms with Crippen LogP contribution in [-0.4, -0.2) is 9.97 Å². The standard InChI is InChI=1S/C46H28N2/c1-3-14-29(15-4-1)41-32-18-7-9-20-34(32)42(35-21-10-8-19-33(35)41)31-25-26-38-40(28-31)48-45(30-16-5-2-6-17-30)44-36-22-11-12-23-37(36)46-39(43(38)44)24-13-27-47-46/h1-28H. The van der Waals surface area contributed by atoms with Crippen molar-refractivity contribution in [2.45, 2.75) is 0 Å². The van der Waals surface area contributed by atoms with Crippen LogP contribution in [0.2, 0.25) is 0 Å². The highest BCUT2D eigenvalue weighted by molar-refractivity contribution is 6.33. The van der Waals surface area contributed by atoms with E-state index < -0.39 is 0 Å². The van der Waals surface area contributed by atoms with Gasteiger partial charge < -0.3 is 0 Å². The fourth-order valence-electron chi connectivity index (χ4n) is 7.85. The number of aromatic nitrogens is 2. The van der Waals surface area contributed by atoms with Crippen molar-refractivity contribution in [2.24, 2.45) is 0 Å². The van der Waals surface area contributed by atoms with E-state index in [0.717, 1.165) is 44.0 Å². The molecule has 0 saturated heterocycles. The lowest BCUT2D eigenvalue weighted by atomic mass is 9.85. The maximum absolute atomic E-state index is 5.52. The lowest BCUT2D eigenvalue weighted by Crippen LogP contribution is -1.95. The third-order valence-corrected chi connectivity index (χ3v) is 9.84. The predicted molar refractivity (Wildman–Crippen MR) is 203 cm³/mol. The molecule has 8 aromatic carbocycles. The van der Waals surface area contributed by atoms with Gasteiger partial charge in [0.2, 0.25) is 0 Å². The summed E-state index contributed by atoms with van der Waals surface area (Å²) in [5, 5.41) is 11.9. The van der Waals surface area contributed by atoms with Gasteiger partial charge in [-0.25, -0.2) is 4.98 Å². The molecule has 2 heterocycles. The second kappa shape index (κ2) is 10.6. The Morgan fingerprint density at radius 1 is 0.333 bits per heavy atom. The molecule has 2 heteroatoms. The highest BCUT2D eigenvalue weighted by Crippen LogP contribution is 2.46. The highest BCUT2D eigenvalue weighted by Gasteiger charge is 2.20. The SMILES string of the molecule is c1ccc(-c2c3ccccc3c(-c3ccc4c(c3)nc(-c3ccccc3)c3c5ccccc5c5ncccc5c43)c3ccccc23)cc1. The van der Waals surface area contributed by atoms with E-state index in [2.05, 4.69) is 158 Å². The molecule has 0 aliphatic heterocycles. The number of fused-ring (bicyclic) bond motifs is 10. The van der Waals surface area contributed by atoms with Crippen LogP contribution in [0.5, 0.6) is 0 Å².